The number of aliphatic imine (C=N–C) groups is 1. The van der Waals surface area contributed by atoms with Crippen LogP contribution in [0.2, 0.25) is 0 Å². The van der Waals surface area contributed by atoms with Gasteiger partial charge in [0.05, 0.1) is 18.4 Å². The minimum absolute atomic E-state index is 0.151. The van der Waals surface area contributed by atoms with Crippen LogP contribution < -0.4 is 5.32 Å². The Bertz CT molecular complexity index is 827. The molecule has 2 aromatic rings. The van der Waals surface area contributed by atoms with E-state index < -0.39 is 5.97 Å². The van der Waals surface area contributed by atoms with Crippen molar-refractivity contribution < 1.29 is 14.3 Å². The monoisotopic (exact) mass is 336 g/mol. The quantitative estimate of drug-likeness (QED) is 0.852. The first-order chi connectivity index (χ1) is 12.2. The van der Waals surface area contributed by atoms with Gasteiger partial charge in [0, 0.05) is 18.7 Å². The second kappa shape index (κ2) is 7.75. The molecule has 1 aliphatic rings. The molecule has 0 spiro atoms. The van der Waals surface area contributed by atoms with Crippen molar-refractivity contribution in [2.24, 2.45) is 4.99 Å². The predicted octanol–water partition coefficient (Wildman–Crippen LogP) is 3.24. The maximum absolute atomic E-state index is 12.3. The molecule has 1 heterocycles. The molecule has 1 N–H and O–H groups in total. The lowest BCUT2D eigenvalue weighted by Gasteiger charge is -2.16. The van der Waals surface area contributed by atoms with Crippen molar-refractivity contribution in [3.63, 3.8) is 0 Å². The lowest BCUT2D eigenvalue weighted by atomic mass is 9.95. The highest BCUT2D eigenvalue weighted by molar-refractivity contribution is 6.06. The predicted molar refractivity (Wildman–Crippen MR) is 97.2 cm³/mol. The molecule has 0 aliphatic carbocycles. The van der Waals surface area contributed by atoms with Gasteiger partial charge < -0.3 is 10.1 Å². The Balaban J connectivity index is 1.65. The summed E-state index contributed by atoms with van der Waals surface area (Å²) in [6, 6.07) is 15.0. The molecule has 2 aromatic carbocycles. The number of esters is 1. The average molecular weight is 336 g/mol. The molecule has 0 bridgehead atoms. The van der Waals surface area contributed by atoms with Gasteiger partial charge in [-0.25, -0.2) is 4.79 Å². The lowest BCUT2D eigenvalue weighted by Crippen LogP contribution is -2.18. The highest BCUT2D eigenvalue weighted by Gasteiger charge is 2.16. The summed E-state index contributed by atoms with van der Waals surface area (Å²) in [5.74, 6) is -0.622. The summed E-state index contributed by atoms with van der Waals surface area (Å²) < 4.78 is 4.74. The fourth-order valence-electron chi connectivity index (χ4n) is 2.95. The van der Waals surface area contributed by atoms with Crippen LogP contribution in [0, 0.1) is 0 Å². The Kier molecular flexibility index (Phi) is 5.23. The minimum atomic E-state index is -0.471. The number of nitrogens with zero attached hydrogens (tertiary/aromatic N) is 1. The van der Waals surface area contributed by atoms with Crippen LogP contribution in [0.1, 0.15) is 34.3 Å². The average Bonchev–Trinajstić information content (AvgIpc) is 2.66. The van der Waals surface area contributed by atoms with Crippen molar-refractivity contribution >= 4 is 23.3 Å². The van der Waals surface area contributed by atoms with Crippen molar-refractivity contribution in [3.05, 3.63) is 65.2 Å². The van der Waals surface area contributed by atoms with Gasteiger partial charge in [0.15, 0.2) is 0 Å². The fraction of sp³-hybridized carbons (Fsp3) is 0.250. The van der Waals surface area contributed by atoms with Gasteiger partial charge in [0.25, 0.3) is 0 Å². The first-order valence-electron chi connectivity index (χ1n) is 8.28. The third-order valence-electron chi connectivity index (χ3n) is 4.21. The largest absolute Gasteiger partial charge is 0.465 e. The Morgan fingerprint density at radius 3 is 2.72 bits per heavy atom. The third kappa shape index (κ3) is 3.94. The van der Waals surface area contributed by atoms with E-state index in [1.54, 1.807) is 24.3 Å². The van der Waals surface area contributed by atoms with Gasteiger partial charge in [-0.15, -0.1) is 0 Å². The molecule has 128 valence electrons. The van der Waals surface area contributed by atoms with E-state index in [4.69, 9.17) is 4.74 Å². The minimum Gasteiger partial charge on any atom is -0.465 e. The smallest absolute Gasteiger partial charge is 0.339 e. The Morgan fingerprint density at radius 1 is 1.12 bits per heavy atom. The molecule has 5 heteroatoms. The van der Waals surface area contributed by atoms with Crippen molar-refractivity contribution in [3.8, 4) is 0 Å². The van der Waals surface area contributed by atoms with E-state index in [2.05, 4.69) is 22.4 Å². The van der Waals surface area contributed by atoms with Crippen molar-refractivity contribution in [2.75, 3.05) is 19.0 Å². The number of carbonyl (C=O) groups is 2. The molecule has 1 aliphatic heterocycles. The lowest BCUT2D eigenvalue weighted by molar-refractivity contribution is -0.116. The third-order valence-corrected chi connectivity index (χ3v) is 4.21. The van der Waals surface area contributed by atoms with Crippen LogP contribution in [0.5, 0.6) is 0 Å². The normalized spacial score (nSPS) is 12.8. The van der Waals surface area contributed by atoms with Crippen LogP contribution in [-0.4, -0.2) is 31.2 Å². The van der Waals surface area contributed by atoms with Crippen molar-refractivity contribution in [1.29, 1.82) is 0 Å². The molecular formula is C20H20N2O3. The first-order valence-corrected chi connectivity index (χ1v) is 8.28. The zero-order valence-corrected chi connectivity index (χ0v) is 14.1. The molecule has 0 unspecified atom stereocenters. The number of amides is 1. The maximum Gasteiger partial charge on any atom is 0.339 e. The van der Waals surface area contributed by atoms with Crippen LogP contribution in [0.25, 0.3) is 0 Å². The van der Waals surface area contributed by atoms with E-state index in [1.165, 1.54) is 12.7 Å². The van der Waals surface area contributed by atoms with Crippen molar-refractivity contribution in [2.45, 2.75) is 19.3 Å². The molecule has 0 atom stereocenters. The summed E-state index contributed by atoms with van der Waals surface area (Å²) in [6.45, 7) is 0.763. The topological polar surface area (TPSA) is 67.8 Å². The van der Waals surface area contributed by atoms with Gasteiger partial charge >= 0.3 is 5.97 Å². The molecule has 0 saturated heterocycles. The Hall–Kier alpha value is -2.95. The van der Waals surface area contributed by atoms with E-state index in [1.807, 2.05) is 12.1 Å². The van der Waals surface area contributed by atoms with Crippen LogP contribution in [-0.2, 0) is 16.0 Å². The zero-order chi connectivity index (χ0) is 17.6. The van der Waals surface area contributed by atoms with E-state index in [0.29, 0.717) is 24.1 Å². The van der Waals surface area contributed by atoms with Gasteiger partial charge in [-0.2, -0.15) is 0 Å². The molecule has 3 rings (SSSR count). The molecule has 0 radical (unpaired) electrons. The summed E-state index contributed by atoms with van der Waals surface area (Å²) in [6.07, 6.45) is 1.82. The summed E-state index contributed by atoms with van der Waals surface area (Å²) in [5, 5.41) is 2.79. The number of nitrogens with one attached hydrogen (secondary N) is 1. The van der Waals surface area contributed by atoms with Crippen LogP contribution in [0.3, 0.4) is 0 Å². The van der Waals surface area contributed by atoms with E-state index in [9.17, 15) is 9.59 Å². The summed E-state index contributed by atoms with van der Waals surface area (Å²) >= 11 is 0. The van der Waals surface area contributed by atoms with Gasteiger partial charge in [-0.05, 0) is 36.1 Å². The summed E-state index contributed by atoms with van der Waals surface area (Å²) in [5.41, 5.74) is 4.20. The molecule has 0 aromatic heterocycles. The number of fused-ring (bicyclic) bond motifs is 1. The number of methoxy groups -OCH3 is 1. The van der Waals surface area contributed by atoms with E-state index in [0.717, 1.165) is 24.2 Å². The highest BCUT2D eigenvalue weighted by atomic mass is 16.5. The molecule has 0 fully saturated rings. The SMILES string of the molecule is COC(=O)c1ccccc1NC(=O)CCC1=NCCc2ccccc21. The first kappa shape index (κ1) is 16.9. The van der Waals surface area contributed by atoms with E-state index in [-0.39, 0.29) is 5.91 Å². The highest BCUT2D eigenvalue weighted by Crippen LogP contribution is 2.20. The van der Waals surface area contributed by atoms with Crippen LogP contribution in [0.4, 0.5) is 5.69 Å². The number of para-hydroxylation sites is 1. The Morgan fingerprint density at radius 2 is 1.88 bits per heavy atom. The number of hydrogen-bond acceptors (Lipinski definition) is 4. The number of rotatable bonds is 5. The fourth-order valence-corrected chi connectivity index (χ4v) is 2.95. The van der Waals surface area contributed by atoms with Gasteiger partial charge in [0.1, 0.15) is 0 Å². The molecular weight excluding hydrogens is 316 g/mol. The van der Waals surface area contributed by atoms with Gasteiger partial charge in [0.2, 0.25) is 5.91 Å². The second-order valence-corrected chi connectivity index (χ2v) is 5.82. The van der Waals surface area contributed by atoms with Gasteiger partial charge in [-0.3, -0.25) is 9.79 Å². The maximum atomic E-state index is 12.3. The molecule has 5 nitrogen and oxygen atoms in total. The zero-order valence-electron chi connectivity index (χ0n) is 14.1. The van der Waals surface area contributed by atoms with Crippen molar-refractivity contribution in [1.82, 2.24) is 0 Å². The number of benzene rings is 2. The van der Waals surface area contributed by atoms with Gasteiger partial charge in [-0.1, -0.05) is 36.4 Å². The summed E-state index contributed by atoms with van der Waals surface area (Å²) in [4.78, 5) is 28.6. The van der Waals surface area contributed by atoms with Crippen LogP contribution in [0.15, 0.2) is 53.5 Å². The Labute approximate surface area is 146 Å². The number of hydrogen-bond donors (Lipinski definition) is 1. The molecule has 0 saturated carbocycles. The second-order valence-electron chi connectivity index (χ2n) is 5.82. The summed E-state index contributed by atoms with van der Waals surface area (Å²) in [7, 11) is 1.32. The number of ether oxygens (including phenoxy) is 1. The van der Waals surface area contributed by atoms with Crippen LogP contribution >= 0.6 is 0 Å². The standard InChI is InChI=1S/C20H20N2O3/c1-25-20(24)16-8-4-5-9-18(16)22-19(23)11-10-17-15-7-3-2-6-14(15)12-13-21-17/h2-9H,10-13H2,1H3,(H,22,23). The molecule has 1 amide bonds. The number of carbonyl (C=O) groups excluding carboxylic acids is 2. The number of anilines is 1. The van der Waals surface area contributed by atoms with E-state index >= 15 is 0 Å². The molecule has 25 heavy (non-hydrogen) atoms.